The number of carbonyl (C=O) groups is 1. The third-order valence-corrected chi connectivity index (χ3v) is 8.63. The van der Waals surface area contributed by atoms with E-state index in [0.29, 0.717) is 0 Å². The SMILES string of the molecule is CCCN(CCC[N+](CC)(CC)CC(=O)O)S(=O)(=O)C(F)(F)C(F)(F)C(F)(F)C(F)(F)C(F)(F)C(F)(F)C(F)(F)C(F)(F)F. The lowest BCUT2D eigenvalue weighted by atomic mass is 9.91. The van der Waals surface area contributed by atoms with Gasteiger partial charge in [-0.05, 0) is 20.3 Å². The lowest BCUT2D eigenvalue weighted by molar-refractivity contribution is -0.918. The molecule has 0 aromatic heterocycles. The summed E-state index contributed by atoms with van der Waals surface area (Å²) in [5.41, 5.74) is 0. The lowest BCUT2D eigenvalue weighted by Crippen LogP contribution is -2.75. The molecule has 0 atom stereocenters. The van der Waals surface area contributed by atoms with Crippen molar-refractivity contribution >= 4 is 16.0 Å². The summed E-state index contributed by atoms with van der Waals surface area (Å²) in [5.74, 6) is -53.3. The second-order valence-corrected chi connectivity index (χ2v) is 11.4. The van der Waals surface area contributed by atoms with Crippen LogP contribution in [0.5, 0.6) is 0 Å². The summed E-state index contributed by atoms with van der Waals surface area (Å²) in [6.45, 7) is 0.176. The fraction of sp³-hybridized carbons (Fsp3) is 0.950. The molecule has 0 aromatic carbocycles. The second kappa shape index (κ2) is 12.7. The molecular formula is C20H26F17N2O4S+. The zero-order chi connectivity index (χ0) is 35.8. The molecule has 0 aliphatic rings. The van der Waals surface area contributed by atoms with Gasteiger partial charge in [-0.25, -0.2) is 13.2 Å². The molecule has 0 saturated heterocycles. The molecule has 0 aromatic rings. The Hall–Kier alpha value is -1.85. The highest BCUT2D eigenvalue weighted by atomic mass is 32.2. The highest BCUT2D eigenvalue weighted by molar-refractivity contribution is 7.90. The predicted octanol–water partition coefficient (Wildman–Crippen LogP) is 6.33. The molecule has 0 rings (SSSR count). The summed E-state index contributed by atoms with van der Waals surface area (Å²) in [5, 5.41) is 1.41. The number of nitrogens with zero attached hydrogens (tertiary/aromatic N) is 2. The normalized spacial score (nSPS) is 15.7. The number of quaternary nitrogens is 1. The Morgan fingerprint density at radius 1 is 0.636 bits per heavy atom. The fourth-order valence-electron chi connectivity index (χ4n) is 3.79. The third-order valence-electron chi connectivity index (χ3n) is 6.68. The van der Waals surface area contributed by atoms with E-state index in [2.05, 4.69) is 0 Å². The van der Waals surface area contributed by atoms with Crippen LogP contribution in [0.2, 0.25) is 0 Å². The van der Waals surface area contributed by atoms with Crippen molar-refractivity contribution in [2.24, 2.45) is 0 Å². The van der Waals surface area contributed by atoms with E-state index in [1.807, 2.05) is 0 Å². The van der Waals surface area contributed by atoms with Gasteiger partial charge in [0.15, 0.2) is 6.54 Å². The fourth-order valence-corrected chi connectivity index (χ4v) is 5.36. The number of carboxylic acid groups (broad SMARTS) is 1. The monoisotopic (exact) mass is 713 g/mol. The zero-order valence-electron chi connectivity index (χ0n) is 22.6. The molecule has 0 aliphatic heterocycles. The van der Waals surface area contributed by atoms with Gasteiger partial charge >= 0.3 is 52.9 Å². The van der Waals surface area contributed by atoms with Gasteiger partial charge in [-0.15, -0.1) is 0 Å². The Kier molecular flexibility index (Phi) is 12.2. The van der Waals surface area contributed by atoms with Gasteiger partial charge in [0.2, 0.25) is 0 Å². The molecule has 0 bridgehead atoms. The first-order valence-electron chi connectivity index (χ1n) is 12.0. The number of alkyl halides is 17. The van der Waals surface area contributed by atoms with E-state index in [-0.39, 0.29) is 13.1 Å². The van der Waals surface area contributed by atoms with Crippen molar-refractivity contribution in [3.8, 4) is 0 Å². The molecule has 1 N–H and O–H groups in total. The van der Waals surface area contributed by atoms with Crippen LogP contribution < -0.4 is 0 Å². The Bertz CT molecular complexity index is 1110. The average molecular weight is 713 g/mol. The minimum absolute atomic E-state index is 0.00505. The Morgan fingerprint density at radius 2 is 1.00 bits per heavy atom. The summed E-state index contributed by atoms with van der Waals surface area (Å²) in [4.78, 5) is 11.1. The van der Waals surface area contributed by atoms with Crippen molar-refractivity contribution < 1.29 is 97.4 Å². The van der Waals surface area contributed by atoms with Crippen LogP contribution in [0, 0.1) is 0 Å². The molecule has 264 valence electrons. The standard InChI is InChI=1S/C20H25F17N2O4S/c1-4-8-38(9-7-10-39(5-2,6-3)11-12(40)41)44(42,43)20(36,37)18(31,32)16(27,28)14(23,24)13(21,22)15(25,26)17(29,30)19(33,34)35/h4-11H2,1-3H3/p+1. The Morgan fingerprint density at radius 3 is 1.32 bits per heavy atom. The van der Waals surface area contributed by atoms with Crippen LogP contribution in [0.1, 0.15) is 33.6 Å². The molecule has 6 nitrogen and oxygen atoms in total. The number of rotatable bonds is 18. The number of carboxylic acids is 1. The topological polar surface area (TPSA) is 74.7 Å². The van der Waals surface area contributed by atoms with E-state index in [4.69, 9.17) is 5.11 Å². The molecule has 0 fully saturated rings. The summed E-state index contributed by atoms with van der Waals surface area (Å²) in [7, 11) is -7.40. The van der Waals surface area contributed by atoms with Gasteiger partial charge in [0.1, 0.15) is 0 Å². The maximum absolute atomic E-state index is 14.6. The van der Waals surface area contributed by atoms with E-state index in [0.717, 1.165) is 6.92 Å². The highest BCUT2D eigenvalue weighted by Crippen LogP contribution is 2.64. The summed E-state index contributed by atoms with van der Waals surface area (Å²) < 4.78 is 254. The van der Waals surface area contributed by atoms with Gasteiger partial charge in [0.25, 0.3) is 10.0 Å². The van der Waals surface area contributed by atoms with Crippen LogP contribution in [0.4, 0.5) is 74.6 Å². The van der Waals surface area contributed by atoms with Crippen molar-refractivity contribution in [2.45, 2.75) is 80.6 Å². The van der Waals surface area contributed by atoms with E-state index in [1.54, 1.807) is 0 Å². The molecule has 0 radical (unpaired) electrons. The van der Waals surface area contributed by atoms with E-state index >= 15 is 0 Å². The van der Waals surface area contributed by atoms with Crippen molar-refractivity contribution in [1.29, 1.82) is 0 Å². The number of likely N-dealkylation sites (N-methyl/N-ethyl adjacent to an activating group) is 1. The summed E-state index contributed by atoms with van der Waals surface area (Å²) >= 11 is 0. The first kappa shape index (κ1) is 42.1. The Labute approximate surface area is 238 Å². The second-order valence-electron chi connectivity index (χ2n) is 9.47. The van der Waals surface area contributed by atoms with Gasteiger partial charge < -0.3 is 9.59 Å². The maximum atomic E-state index is 14.6. The summed E-state index contributed by atoms with van der Waals surface area (Å²) in [6, 6.07) is 0. The first-order chi connectivity index (χ1) is 19.2. The van der Waals surface area contributed by atoms with Crippen LogP contribution in [-0.4, -0.2) is 115 Å². The molecule has 0 amide bonds. The van der Waals surface area contributed by atoms with Crippen LogP contribution in [-0.2, 0) is 14.8 Å². The number of sulfonamides is 1. The first-order valence-corrected chi connectivity index (χ1v) is 13.4. The van der Waals surface area contributed by atoms with Crippen LogP contribution in [0.25, 0.3) is 0 Å². The van der Waals surface area contributed by atoms with Crippen molar-refractivity contribution in [1.82, 2.24) is 4.31 Å². The lowest BCUT2D eigenvalue weighted by Gasteiger charge is -2.43. The van der Waals surface area contributed by atoms with Crippen LogP contribution in [0.15, 0.2) is 0 Å². The number of hydrogen-bond acceptors (Lipinski definition) is 3. The smallest absolute Gasteiger partial charge is 0.460 e. The van der Waals surface area contributed by atoms with Crippen LogP contribution >= 0.6 is 0 Å². The maximum Gasteiger partial charge on any atom is 0.460 e. The minimum Gasteiger partial charge on any atom is -0.477 e. The number of hydrogen-bond donors (Lipinski definition) is 1. The van der Waals surface area contributed by atoms with Crippen molar-refractivity contribution in [2.75, 3.05) is 39.3 Å². The molecule has 44 heavy (non-hydrogen) atoms. The molecule has 0 aliphatic carbocycles. The number of halogens is 17. The molecule has 24 heteroatoms. The van der Waals surface area contributed by atoms with Crippen molar-refractivity contribution in [3.05, 3.63) is 0 Å². The molecule has 0 saturated carbocycles. The van der Waals surface area contributed by atoms with Gasteiger partial charge in [-0.2, -0.15) is 78.9 Å². The largest absolute Gasteiger partial charge is 0.477 e. The third kappa shape index (κ3) is 6.52. The predicted molar refractivity (Wildman–Crippen MR) is 115 cm³/mol. The van der Waals surface area contributed by atoms with E-state index < -0.39 is 111 Å². The molecule has 0 spiro atoms. The van der Waals surface area contributed by atoms with Gasteiger partial charge in [-0.1, -0.05) is 6.92 Å². The average Bonchev–Trinajstić information content (AvgIpc) is 2.85. The van der Waals surface area contributed by atoms with Crippen LogP contribution in [0.3, 0.4) is 0 Å². The number of aliphatic carboxylic acids is 1. The Balaban J connectivity index is 6.84. The van der Waals surface area contributed by atoms with Gasteiger partial charge in [-0.3, -0.25) is 0 Å². The minimum atomic E-state index is -8.90. The highest BCUT2D eigenvalue weighted by Gasteiger charge is 2.96. The molecule has 0 unspecified atom stereocenters. The van der Waals surface area contributed by atoms with E-state index in [1.165, 1.54) is 13.8 Å². The molecular weight excluding hydrogens is 687 g/mol. The molecule has 0 heterocycles. The van der Waals surface area contributed by atoms with Crippen molar-refractivity contribution in [3.63, 3.8) is 0 Å². The zero-order valence-corrected chi connectivity index (χ0v) is 23.4. The van der Waals surface area contributed by atoms with E-state index in [9.17, 15) is 87.8 Å². The summed E-state index contributed by atoms with van der Waals surface area (Å²) in [6.07, 6.45) is -9.20. The quantitative estimate of drug-likeness (QED) is 0.133. The van der Waals surface area contributed by atoms with Gasteiger partial charge in [0, 0.05) is 19.5 Å². The van der Waals surface area contributed by atoms with Gasteiger partial charge in [0.05, 0.1) is 19.6 Å².